The van der Waals surface area contributed by atoms with Crippen LogP contribution in [0.15, 0.2) is 42.5 Å². The van der Waals surface area contributed by atoms with Gasteiger partial charge in [0.05, 0.1) is 6.04 Å². The number of phenols is 2. The number of likely N-dealkylation sites (N-methyl/N-ethyl adjacent to an activating group) is 1. The van der Waals surface area contributed by atoms with Crippen molar-refractivity contribution in [2.24, 2.45) is 0 Å². The summed E-state index contributed by atoms with van der Waals surface area (Å²) in [6.07, 6.45) is 0. The molecule has 0 fully saturated rings. The highest BCUT2D eigenvalue weighted by molar-refractivity contribution is 6.31. The Morgan fingerprint density at radius 3 is 2.35 bits per heavy atom. The van der Waals surface area contributed by atoms with Gasteiger partial charge in [-0.1, -0.05) is 29.8 Å². The van der Waals surface area contributed by atoms with Crippen LogP contribution in [0, 0.1) is 0 Å². The third-order valence-corrected chi connectivity index (χ3v) is 3.85. The molecule has 5 nitrogen and oxygen atoms in total. The van der Waals surface area contributed by atoms with Crippen molar-refractivity contribution in [2.75, 3.05) is 20.6 Å². The molecule has 0 spiro atoms. The van der Waals surface area contributed by atoms with Crippen molar-refractivity contribution >= 4 is 17.5 Å². The zero-order chi connectivity index (χ0) is 17.0. The molecule has 0 aliphatic heterocycles. The largest absolute Gasteiger partial charge is 0.508 e. The molecule has 23 heavy (non-hydrogen) atoms. The van der Waals surface area contributed by atoms with E-state index in [0.717, 1.165) is 5.56 Å². The molecule has 3 N–H and O–H groups in total. The molecule has 0 saturated carbocycles. The summed E-state index contributed by atoms with van der Waals surface area (Å²) in [4.78, 5) is 14.2. The number of nitrogens with zero attached hydrogens (tertiary/aromatic N) is 1. The van der Waals surface area contributed by atoms with E-state index < -0.39 is 0 Å². The van der Waals surface area contributed by atoms with Gasteiger partial charge in [-0.3, -0.25) is 4.79 Å². The number of amides is 1. The zero-order valence-corrected chi connectivity index (χ0v) is 13.7. The first kappa shape index (κ1) is 17.1. The highest BCUT2D eigenvalue weighted by Gasteiger charge is 2.18. The maximum absolute atomic E-state index is 12.2. The van der Waals surface area contributed by atoms with Crippen molar-refractivity contribution in [3.8, 4) is 11.5 Å². The van der Waals surface area contributed by atoms with E-state index in [1.54, 1.807) is 0 Å². The molecule has 2 aromatic carbocycles. The normalized spacial score (nSPS) is 12.2. The molecule has 2 aromatic rings. The van der Waals surface area contributed by atoms with E-state index >= 15 is 0 Å². The van der Waals surface area contributed by atoms with Crippen LogP contribution in [0.25, 0.3) is 0 Å². The Hall–Kier alpha value is -2.24. The number of carbonyl (C=O) groups excluding carboxylic acids is 1. The summed E-state index contributed by atoms with van der Waals surface area (Å²) in [6.45, 7) is 0.339. The van der Waals surface area contributed by atoms with Gasteiger partial charge in [0.25, 0.3) is 5.91 Å². The Morgan fingerprint density at radius 2 is 1.78 bits per heavy atom. The van der Waals surface area contributed by atoms with E-state index in [0.29, 0.717) is 11.6 Å². The van der Waals surface area contributed by atoms with E-state index in [1.807, 2.05) is 43.3 Å². The van der Waals surface area contributed by atoms with Crippen LogP contribution in [-0.2, 0) is 0 Å². The van der Waals surface area contributed by atoms with Crippen molar-refractivity contribution in [2.45, 2.75) is 6.04 Å². The number of nitrogens with one attached hydrogen (secondary N) is 1. The highest BCUT2D eigenvalue weighted by atomic mass is 35.5. The molecule has 0 unspecified atom stereocenters. The first-order valence-corrected chi connectivity index (χ1v) is 7.48. The molecule has 0 aliphatic rings. The minimum atomic E-state index is -0.380. The first-order valence-electron chi connectivity index (χ1n) is 7.10. The van der Waals surface area contributed by atoms with E-state index in [4.69, 9.17) is 11.6 Å². The van der Waals surface area contributed by atoms with E-state index in [9.17, 15) is 15.0 Å². The lowest BCUT2D eigenvalue weighted by Gasteiger charge is -2.26. The standard InChI is InChI=1S/C17H19ClN2O3/c1-20(2)16(14-5-3-4-6-15(14)18)10-19-17(23)11-7-12(21)9-13(22)8-11/h3-9,16,21-22H,10H2,1-2H3,(H,19,23)/t16-/m1/s1. The van der Waals surface area contributed by atoms with Crippen LogP contribution < -0.4 is 5.32 Å². The van der Waals surface area contributed by atoms with Crippen molar-refractivity contribution in [3.63, 3.8) is 0 Å². The summed E-state index contributed by atoms with van der Waals surface area (Å²) in [7, 11) is 3.81. The van der Waals surface area contributed by atoms with E-state index in [1.165, 1.54) is 18.2 Å². The topological polar surface area (TPSA) is 72.8 Å². The molecule has 1 amide bonds. The summed E-state index contributed by atoms with van der Waals surface area (Å²) < 4.78 is 0. The summed E-state index contributed by atoms with van der Waals surface area (Å²) >= 11 is 6.23. The third-order valence-electron chi connectivity index (χ3n) is 3.51. The number of aromatic hydroxyl groups is 2. The van der Waals surface area contributed by atoms with Gasteiger partial charge in [-0.2, -0.15) is 0 Å². The second kappa shape index (κ2) is 7.35. The molecule has 0 saturated heterocycles. The maximum Gasteiger partial charge on any atom is 0.251 e. The summed E-state index contributed by atoms with van der Waals surface area (Å²) in [5.41, 5.74) is 1.11. The van der Waals surface area contributed by atoms with Gasteiger partial charge in [0.2, 0.25) is 0 Å². The molecule has 1 atom stereocenters. The fourth-order valence-corrected chi connectivity index (χ4v) is 2.60. The van der Waals surface area contributed by atoms with Crippen LogP contribution in [0.1, 0.15) is 22.0 Å². The predicted octanol–water partition coefficient (Wildman–Crippen LogP) is 2.78. The second-order valence-electron chi connectivity index (χ2n) is 5.45. The molecule has 122 valence electrons. The first-order chi connectivity index (χ1) is 10.9. The average molecular weight is 335 g/mol. The van der Waals surface area contributed by atoms with Crippen LogP contribution in [0.3, 0.4) is 0 Å². The van der Waals surface area contributed by atoms with Gasteiger partial charge in [0.15, 0.2) is 0 Å². The lowest BCUT2D eigenvalue weighted by atomic mass is 10.1. The summed E-state index contributed by atoms with van der Waals surface area (Å²) in [5.74, 6) is -0.703. The average Bonchev–Trinajstić information content (AvgIpc) is 2.47. The molecule has 2 rings (SSSR count). The fraction of sp³-hybridized carbons (Fsp3) is 0.235. The van der Waals surface area contributed by atoms with Gasteiger partial charge in [-0.05, 0) is 37.9 Å². The number of halogens is 1. The lowest BCUT2D eigenvalue weighted by molar-refractivity contribution is 0.0941. The molecule has 0 bridgehead atoms. The predicted molar refractivity (Wildman–Crippen MR) is 90.0 cm³/mol. The molecule has 0 aliphatic carbocycles. The number of rotatable bonds is 5. The lowest BCUT2D eigenvalue weighted by Crippen LogP contribution is -2.34. The molecular formula is C17H19ClN2O3. The van der Waals surface area contributed by atoms with Gasteiger partial charge in [-0.25, -0.2) is 0 Å². The number of carbonyl (C=O) groups is 1. The minimum Gasteiger partial charge on any atom is -0.508 e. The van der Waals surface area contributed by atoms with Gasteiger partial charge in [0, 0.05) is 23.2 Å². The van der Waals surface area contributed by atoms with Crippen molar-refractivity contribution < 1.29 is 15.0 Å². The molecule has 6 heteroatoms. The quantitative estimate of drug-likeness (QED) is 0.786. The Morgan fingerprint density at radius 1 is 1.17 bits per heavy atom. The Labute approximate surface area is 140 Å². The van der Waals surface area contributed by atoms with Gasteiger partial charge in [0.1, 0.15) is 11.5 Å². The fourth-order valence-electron chi connectivity index (χ4n) is 2.33. The van der Waals surface area contributed by atoms with Crippen LogP contribution in [0.5, 0.6) is 11.5 Å². The van der Waals surface area contributed by atoms with Crippen molar-refractivity contribution in [3.05, 3.63) is 58.6 Å². The maximum atomic E-state index is 12.2. The number of hydrogen-bond donors (Lipinski definition) is 3. The van der Waals surface area contributed by atoms with Gasteiger partial charge in [-0.15, -0.1) is 0 Å². The zero-order valence-electron chi connectivity index (χ0n) is 13.0. The van der Waals surface area contributed by atoms with Crippen LogP contribution >= 0.6 is 11.6 Å². The highest BCUT2D eigenvalue weighted by Crippen LogP contribution is 2.26. The Kier molecular flexibility index (Phi) is 5.47. The smallest absolute Gasteiger partial charge is 0.251 e. The van der Waals surface area contributed by atoms with Crippen molar-refractivity contribution in [1.82, 2.24) is 10.2 Å². The summed E-state index contributed by atoms with van der Waals surface area (Å²) in [6, 6.07) is 11.1. The number of benzene rings is 2. The third kappa shape index (κ3) is 4.37. The SMILES string of the molecule is CN(C)[C@H](CNC(=O)c1cc(O)cc(O)c1)c1ccccc1Cl. The molecule has 0 heterocycles. The van der Waals surface area contributed by atoms with Gasteiger partial charge >= 0.3 is 0 Å². The Balaban J connectivity index is 2.13. The van der Waals surface area contributed by atoms with Crippen LogP contribution in [0.2, 0.25) is 5.02 Å². The van der Waals surface area contributed by atoms with E-state index in [-0.39, 0.29) is 29.0 Å². The number of hydrogen-bond acceptors (Lipinski definition) is 4. The van der Waals surface area contributed by atoms with Crippen molar-refractivity contribution in [1.29, 1.82) is 0 Å². The van der Waals surface area contributed by atoms with Crippen LogP contribution in [0.4, 0.5) is 0 Å². The van der Waals surface area contributed by atoms with Gasteiger partial charge < -0.3 is 20.4 Å². The molecular weight excluding hydrogens is 316 g/mol. The molecule has 0 aromatic heterocycles. The summed E-state index contributed by atoms with van der Waals surface area (Å²) in [5, 5.41) is 22.3. The monoisotopic (exact) mass is 334 g/mol. The second-order valence-corrected chi connectivity index (χ2v) is 5.86. The van der Waals surface area contributed by atoms with E-state index in [2.05, 4.69) is 5.32 Å². The minimum absolute atomic E-state index is 0.0986. The number of phenolic OH excluding ortho intramolecular Hbond substituents is 2. The van der Waals surface area contributed by atoms with Crippen LogP contribution in [-0.4, -0.2) is 41.7 Å². The Bertz CT molecular complexity index is 684. The molecule has 0 radical (unpaired) electrons.